The molecule has 0 aliphatic carbocycles. The highest BCUT2D eigenvalue weighted by atomic mass is 35.5. The van der Waals surface area contributed by atoms with Gasteiger partial charge in [0.05, 0.1) is 12.0 Å². The van der Waals surface area contributed by atoms with Gasteiger partial charge in [0.15, 0.2) is 0 Å². The van der Waals surface area contributed by atoms with Crippen LogP contribution in [0.1, 0.15) is 30.0 Å². The van der Waals surface area contributed by atoms with E-state index < -0.39 is 0 Å². The molecular weight excluding hydrogens is 329 g/mol. The number of aromatic nitrogens is 1. The van der Waals surface area contributed by atoms with Gasteiger partial charge in [-0.2, -0.15) is 0 Å². The van der Waals surface area contributed by atoms with Gasteiger partial charge in [0.1, 0.15) is 11.0 Å². The number of halogens is 2. The van der Waals surface area contributed by atoms with E-state index in [2.05, 4.69) is 15.6 Å². The van der Waals surface area contributed by atoms with Crippen LogP contribution in [-0.4, -0.2) is 24.0 Å². The molecule has 1 saturated heterocycles. The van der Waals surface area contributed by atoms with Crippen molar-refractivity contribution in [3.05, 3.63) is 64.7 Å². The summed E-state index contributed by atoms with van der Waals surface area (Å²) in [6, 6.07) is 9.65. The summed E-state index contributed by atoms with van der Waals surface area (Å²) >= 11 is 5.83. The van der Waals surface area contributed by atoms with E-state index in [0.29, 0.717) is 11.7 Å². The van der Waals surface area contributed by atoms with E-state index in [-0.39, 0.29) is 29.6 Å². The van der Waals surface area contributed by atoms with E-state index in [4.69, 9.17) is 11.6 Å². The van der Waals surface area contributed by atoms with E-state index in [1.807, 2.05) is 13.0 Å². The Labute approximate surface area is 145 Å². The number of hydrogen-bond acceptors (Lipinski definition) is 3. The fourth-order valence-electron chi connectivity index (χ4n) is 3.07. The Morgan fingerprint density at radius 2 is 2.04 bits per heavy atom. The van der Waals surface area contributed by atoms with Crippen LogP contribution in [0.25, 0.3) is 0 Å². The molecule has 0 radical (unpaired) electrons. The Morgan fingerprint density at radius 1 is 1.29 bits per heavy atom. The van der Waals surface area contributed by atoms with Crippen molar-refractivity contribution in [3.8, 4) is 0 Å². The minimum absolute atomic E-state index is 0.0169. The molecule has 1 aliphatic heterocycles. The highest BCUT2D eigenvalue weighted by Crippen LogP contribution is 2.29. The lowest BCUT2D eigenvalue weighted by Crippen LogP contribution is -2.36. The Morgan fingerprint density at radius 3 is 2.71 bits per heavy atom. The lowest BCUT2D eigenvalue weighted by molar-refractivity contribution is -0.125. The summed E-state index contributed by atoms with van der Waals surface area (Å²) in [7, 11) is 0. The topological polar surface area (TPSA) is 54.0 Å². The molecule has 0 spiro atoms. The number of pyridine rings is 1. The quantitative estimate of drug-likeness (QED) is 0.836. The van der Waals surface area contributed by atoms with Crippen LogP contribution in [0.3, 0.4) is 0 Å². The zero-order chi connectivity index (χ0) is 17.1. The van der Waals surface area contributed by atoms with Crippen LogP contribution in [0.2, 0.25) is 5.15 Å². The molecule has 0 bridgehead atoms. The van der Waals surface area contributed by atoms with Crippen molar-refractivity contribution in [2.75, 3.05) is 13.1 Å². The molecule has 2 heterocycles. The molecule has 126 valence electrons. The van der Waals surface area contributed by atoms with Gasteiger partial charge in [-0.1, -0.05) is 29.8 Å². The summed E-state index contributed by atoms with van der Waals surface area (Å²) in [5, 5.41) is 6.73. The van der Waals surface area contributed by atoms with E-state index in [1.54, 1.807) is 24.4 Å². The molecule has 2 N–H and O–H groups in total. The zero-order valence-corrected chi connectivity index (χ0v) is 14.1. The third kappa shape index (κ3) is 3.74. The Hall–Kier alpha value is -1.98. The van der Waals surface area contributed by atoms with Gasteiger partial charge in [0.25, 0.3) is 0 Å². The number of amides is 1. The predicted octanol–water partition coefficient (Wildman–Crippen LogP) is 3.05. The van der Waals surface area contributed by atoms with Crippen LogP contribution in [-0.2, 0) is 4.79 Å². The number of rotatable bonds is 4. The van der Waals surface area contributed by atoms with Crippen molar-refractivity contribution >= 4 is 17.5 Å². The van der Waals surface area contributed by atoms with Gasteiger partial charge in [-0.15, -0.1) is 0 Å². The van der Waals surface area contributed by atoms with Gasteiger partial charge >= 0.3 is 0 Å². The molecule has 0 saturated carbocycles. The first-order valence-corrected chi connectivity index (χ1v) is 8.30. The van der Waals surface area contributed by atoms with Gasteiger partial charge in [-0.05, 0) is 36.2 Å². The van der Waals surface area contributed by atoms with E-state index >= 15 is 0 Å². The molecule has 1 aliphatic rings. The molecular formula is C18H19ClFN3O. The van der Waals surface area contributed by atoms with Crippen molar-refractivity contribution in [1.29, 1.82) is 0 Å². The number of nitrogens with one attached hydrogen (secondary N) is 2. The number of hydrogen-bond donors (Lipinski definition) is 2. The fraction of sp³-hybridized carbons (Fsp3) is 0.333. The van der Waals surface area contributed by atoms with Crippen LogP contribution in [0.5, 0.6) is 0 Å². The third-order valence-corrected chi connectivity index (χ3v) is 4.68. The molecule has 3 rings (SSSR count). The van der Waals surface area contributed by atoms with Gasteiger partial charge in [-0.3, -0.25) is 4.79 Å². The second-order valence-electron chi connectivity index (χ2n) is 6.07. The Bertz CT molecular complexity index is 705. The Balaban J connectivity index is 1.69. The lowest BCUT2D eigenvalue weighted by Gasteiger charge is -2.21. The zero-order valence-electron chi connectivity index (χ0n) is 13.3. The minimum atomic E-state index is -0.285. The number of benzene rings is 1. The summed E-state index contributed by atoms with van der Waals surface area (Å²) in [6.07, 6.45) is 1.73. The maximum atomic E-state index is 13.0. The molecule has 1 fully saturated rings. The summed E-state index contributed by atoms with van der Waals surface area (Å²) in [6.45, 7) is 3.24. The summed E-state index contributed by atoms with van der Waals surface area (Å²) in [5.41, 5.74) is 1.87. The maximum absolute atomic E-state index is 13.0. The van der Waals surface area contributed by atoms with Gasteiger partial charge in [0.2, 0.25) is 5.91 Å². The monoisotopic (exact) mass is 347 g/mol. The molecule has 1 aromatic carbocycles. The van der Waals surface area contributed by atoms with E-state index in [9.17, 15) is 9.18 Å². The average molecular weight is 348 g/mol. The molecule has 3 atom stereocenters. The van der Waals surface area contributed by atoms with Crippen LogP contribution in [0.4, 0.5) is 4.39 Å². The average Bonchev–Trinajstić information content (AvgIpc) is 3.06. The van der Waals surface area contributed by atoms with Crippen molar-refractivity contribution in [2.45, 2.75) is 18.9 Å². The van der Waals surface area contributed by atoms with Crippen molar-refractivity contribution in [1.82, 2.24) is 15.6 Å². The highest BCUT2D eigenvalue weighted by Gasteiger charge is 2.34. The number of carbonyl (C=O) groups excluding carboxylic acids is 1. The van der Waals surface area contributed by atoms with Crippen LogP contribution in [0, 0.1) is 11.7 Å². The second-order valence-corrected chi connectivity index (χ2v) is 6.45. The highest BCUT2D eigenvalue weighted by molar-refractivity contribution is 6.29. The smallest absolute Gasteiger partial charge is 0.225 e. The molecule has 6 heteroatoms. The van der Waals surface area contributed by atoms with Crippen LogP contribution < -0.4 is 10.6 Å². The van der Waals surface area contributed by atoms with Crippen molar-refractivity contribution < 1.29 is 9.18 Å². The molecule has 1 aromatic heterocycles. The van der Waals surface area contributed by atoms with Crippen LogP contribution >= 0.6 is 11.6 Å². The first kappa shape index (κ1) is 16.9. The first-order chi connectivity index (χ1) is 11.5. The SMILES string of the molecule is CC(NC(=O)C1CNCC1c1ccc(Cl)nc1)c1ccc(F)cc1. The first-order valence-electron chi connectivity index (χ1n) is 7.92. The van der Waals surface area contributed by atoms with Gasteiger partial charge in [-0.25, -0.2) is 9.37 Å². The normalized spacial score (nSPS) is 21.5. The van der Waals surface area contributed by atoms with E-state index in [0.717, 1.165) is 17.7 Å². The number of nitrogens with zero attached hydrogens (tertiary/aromatic N) is 1. The molecule has 24 heavy (non-hydrogen) atoms. The fourth-order valence-corrected chi connectivity index (χ4v) is 3.18. The molecule has 1 amide bonds. The largest absolute Gasteiger partial charge is 0.349 e. The van der Waals surface area contributed by atoms with Crippen LogP contribution in [0.15, 0.2) is 42.6 Å². The summed E-state index contributed by atoms with van der Waals surface area (Å²) < 4.78 is 13.0. The van der Waals surface area contributed by atoms with Gasteiger partial charge < -0.3 is 10.6 Å². The standard InChI is InChI=1S/C18H19ClFN3O/c1-11(12-2-5-14(20)6-3-12)23-18(24)16-10-21-9-15(16)13-4-7-17(19)22-8-13/h2-8,11,15-16,21H,9-10H2,1H3,(H,23,24). The van der Waals surface area contributed by atoms with Crippen molar-refractivity contribution in [3.63, 3.8) is 0 Å². The van der Waals surface area contributed by atoms with E-state index in [1.165, 1.54) is 12.1 Å². The maximum Gasteiger partial charge on any atom is 0.225 e. The molecule has 4 nitrogen and oxygen atoms in total. The molecule has 2 aromatic rings. The summed E-state index contributed by atoms with van der Waals surface area (Å²) in [5.74, 6) is -0.407. The van der Waals surface area contributed by atoms with Gasteiger partial charge in [0, 0.05) is 25.2 Å². The lowest BCUT2D eigenvalue weighted by atomic mass is 9.89. The predicted molar refractivity (Wildman–Crippen MR) is 91.3 cm³/mol. The third-order valence-electron chi connectivity index (χ3n) is 4.46. The molecule has 3 unspecified atom stereocenters. The van der Waals surface area contributed by atoms with Crippen molar-refractivity contribution in [2.24, 2.45) is 5.92 Å². The second kappa shape index (κ2) is 7.28. The number of carbonyl (C=O) groups is 1. The Kier molecular flexibility index (Phi) is 5.11. The summed E-state index contributed by atoms with van der Waals surface area (Å²) in [4.78, 5) is 16.8. The minimum Gasteiger partial charge on any atom is -0.349 e.